The van der Waals surface area contributed by atoms with E-state index in [2.05, 4.69) is 18.7 Å². The van der Waals surface area contributed by atoms with Crippen LogP contribution in [0.2, 0.25) is 0 Å². The first kappa shape index (κ1) is 22.7. The van der Waals surface area contributed by atoms with Crippen LogP contribution in [0, 0.1) is 11.3 Å². The van der Waals surface area contributed by atoms with E-state index in [1.54, 1.807) is 6.08 Å². The van der Waals surface area contributed by atoms with Gasteiger partial charge in [-0.2, -0.15) is 5.26 Å². The predicted molar refractivity (Wildman–Crippen MR) is 108 cm³/mol. The summed E-state index contributed by atoms with van der Waals surface area (Å²) in [6.07, 6.45) is 2.26. The second-order valence-corrected chi connectivity index (χ2v) is 7.03. The molecule has 0 aliphatic rings. The molecule has 27 heavy (non-hydrogen) atoms. The summed E-state index contributed by atoms with van der Waals surface area (Å²) in [5.41, 5.74) is 1.89. The summed E-state index contributed by atoms with van der Waals surface area (Å²) in [5, 5.41) is 18.2. The van der Waals surface area contributed by atoms with Crippen molar-refractivity contribution in [2.75, 3.05) is 58.4 Å². The molecule has 0 atom stereocenters. The number of benzene rings is 1. The summed E-state index contributed by atoms with van der Waals surface area (Å²) in [4.78, 5) is 14.4. The van der Waals surface area contributed by atoms with Crippen LogP contribution in [0.15, 0.2) is 29.8 Å². The first-order chi connectivity index (χ1) is 12.9. The molecule has 0 fully saturated rings. The Morgan fingerprint density at radius 3 is 2.37 bits per heavy atom. The van der Waals surface area contributed by atoms with Crippen molar-refractivity contribution in [3.63, 3.8) is 0 Å². The number of aliphatic hydroxyl groups is 1. The number of carbonyl (C=O) groups excluding carboxylic acids is 1. The summed E-state index contributed by atoms with van der Waals surface area (Å²) in [7, 11) is 4.03. The fourth-order valence-corrected chi connectivity index (χ4v) is 2.75. The standard InChI is InChI=1S/C21H32N3O3/c1-5-23(6-2)20-10-8-18(9-11-20)16-19(17-22)21(26)27-15-13-24(3,4)12-7-14-25/h8-11,16,25H,5-7,12-15H2,1-4H3/q+1/b19-16+. The lowest BCUT2D eigenvalue weighted by atomic mass is 10.1. The van der Waals surface area contributed by atoms with Crippen LogP contribution in [0.4, 0.5) is 5.69 Å². The second-order valence-electron chi connectivity index (χ2n) is 7.03. The summed E-state index contributed by atoms with van der Waals surface area (Å²) >= 11 is 0. The molecule has 6 heteroatoms. The van der Waals surface area contributed by atoms with Gasteiger partial charge in [-0.05, 0) is 37.6 Å². The van der Waals surface area contributed by atoms with Gasteiger partial charge in [0.05, 0.1) is 20.6 Å². The highest BCUT2D eigenvalue weighted by atomic mass is 16.5. The fourth-order valence-electron chi connectivity index (χ4n) is 2.75. The third kappa shape index (κ3) is 7.81. The van der Waals surface area contributed by atoms with Crippen LogP contribution in [0.5, 0.6) is 0 Å². The van der Waals surface area contributed by atoms with Crippen LogP contribution in [0.25, 0.3) is 6.08 Å². The molecule has 0 bridgehead atoms. The van der Waals surface area contributed by atoms with Crippen molar-refractivity contribution in [1.29, 1.82) is 5.26 Å². The van der Waals surface area contributed by atoms with Gasteiger partial charge in [-0.1, -0.05) is 12.1 Å². The lowest BCUT2D eigenvalue weighted by Crippen LogP contribution is -2.43. The summed E-state index contributed by atoms with van der Waals surface area (Å²) in [6, 6.07) is 9.69. The van der Waals surface area contributed by atoms with Crippen molar-refractivity contribution in [3.05, 3.63) is 35.4 Å². The van der Waals surface area contributed by atoms with Crippen LogP contribution in [-0.2, 0) is 9.53 Å². The second kappa shape index (κ2) is 11.4. The maximum atomic E-state index is 12.2. The average molecular weight is 375 g/mol. The summed E-state index contributed by atoms with van der Waals surface area (Å²) in [5.74, 6) is -0.604. The van der Waals surface area contributed by atoms with Gasteiger partial charge < -0.3 is 19.2 Å². The number of anilines is 1. The topological polar surface area (TPSA) is 73.6 Å². The number of hydrogen-bond donors (Lipinski definition) is 1. The Hall–Kier alpha value is -2.36. The van der Waals surface area contributed by atoms with Crippen molar-refractivity contribution in [1.82, 2.24) is 0 Å². The third-order valence-corrected chi connectivity index (χ3v) is 4.52. The molecule has 0 heterocycles. The molecule has 0 saturated heterocycles. The quantitative estimate of drug-likeness (QED) is 0.279. The van der Waals surface area contributed by atoms with Crippen LogP contribution >= 0.6 is 0 Å². The van der Waals surface area contributed by atoms with Gasteiger partial charge in [0.2, 0.25) is 0 Å². The Kier molecular flexibility index (Phi) is 9.55. The number of quaternary nitrogens is 1. The minimum atomic E-state index is -0.604. The monoisotopic (exact) mass is 374 g/mol. The number of esters is 1. The zero-order chi connectivity index (χ0) is 20.3. The number of likely N-dealkylation sites (N-methyl/N-ethyl adjacent to an activating group) is 1. The maximum Gasteiger partial charge on any atom is 0.349 e. The highest BCUT2D eigenvalue weighted by Gasteiger charge is 2.17. The SMILES string of the molecule is CCN(CC)c1ccc(/C=C(\C#N)C(=O)OCC[N+](C)(C)CCCO)cc1. The molecule has 0 saturated carbocycles. The Morgan fingerprint density at radius 2 is 1.85 bits per heavy atom. The number of carbonyl (C=O) groups is 1. The molecule has 1 aromatic rings. The van der Waals surface area contributed by atoms with Crippen molar-refractivity contribution in [2.24, 2.45) is 0 Å². The summed E-state index contributed by atoms with van der Waals surface area (Å²) in [6.45, 7) is 7.86. The van der Waals surface area contributed by atoms with E-state index in [-0.39, 0.29) is 18.8 Å². The van der Waals surface area contributed by atoms with E-state index < -0.39 is 5.97 Å². The highest BCUT2D eigenvalue weighted by Crippen LogP contribution is 2.17. The molecular weight excluding hydrogens is 342 g/mol. The molecular formula is C21H32N3O3+. The fraction of sp³-hybridized carbons (Fsp3) is 0.524. The zero-order valence-electron chi connectivity index (χ0n) is 16.9. The maximum absolute atomic E-state index is 12.2. The minimum Gasteiger partial charge on any atom is -0.456 e. The number of ether oxygens (including phenoxy) is 1. The average Bonchev–Trinajstić information content (AvgIpc) is 2.66. The van der Waals surface area contributed by atoms with Gasteiger partial charge in [0.15, 0.2) is 0 Å². The number of hydrogen-bond acceptors (Lipinski definition) is 5. The van der Waals surface area contributed by atoms with Crippen LogP contribution in [0.3, 0.4) is 0 Å². The Labute approximate surface area is 162 Å². The molecule has 0 amide bonds. The highest BCUT2D eigenvalue weighted by molar-refractivity contribution is 5.97. The van der Waals surface area contributed by atoms with Gasteiger partial charge in [-0.3, -0.25) is 0 Å². The molecule has 0 aliphatic carbocycles. The van der Waals surface area contributed by atoms with Crippen molar-refractivity contribution in [2.45, 2.75) is 20.3 Å². The molecule has 0 aliphatic heterocycles. The first-order valence-electron chi connectivity index (χ1n) is 9.43. The lowest BCUT2D eigenvalue weighted by molar-refractivity contribution is -0.890. The van der Waals surface area contributed by atoms with Crippen LogP contribution in [-0.4, -0.2) is 69.0 Å². The largest absolute Gasteiger partial charge is 0.456 e. The molecule has 1 aromatic carbocycles. The molecule has 1 N–H and O–H groups in total. The van der Waals surface area contributed by atoms with Gasteiger partial charge in [-0.15, -0.1) is 0 Å². The Balaban J connectivity index is 2.68. The normalized spacial score (nSPS) is 11.8. The van der Waals surface area contributed by atoms with Gasteiger partial charge in [0.25, 0.3) is 0 Å². The third-order valence-electron chi connectivity index (χ3n) is 4.52. The number of rotatable bonds is 11. The molecule has 148 valence electrons. The molecule has 0 spiro atoms. The lowest BCUT2D eigenvalue weighted by Gasteiger charge is -2.29. The van der Waals surface area contributed by atoms with E-state index >= 15 is 0 Å². The number of aliphatic hydroxyl groups excluding tert-OH is 1. The van der Waals surface area contributed by atoms with Gasteiger partial charge in [0.1, 0.15) is 24.8 Å². The van der Waals surface area contributed by atoms with Gasteiger partial charge >= 0.3 is 5.97 Å². The minimum absolute atomic E-state index is 0.00810. The Morgan fingerprint density at radius 1 is 1.22 bits per heavy atom. The van der Waals surface area contributed by atoms with E-state index in [0.29, 0.717) is 17.4 Å². The Bertz CT molecular complexity index is 656. The predicted octanol–water partition coefficient (Wildman–Crippen LogP) is 2.44. The number of nitriles is 1. The van der Waals surface area contributed by atoms with E-state index in [0.717, 1.165) is 30.9 Å². The van der Waals surface area contributed by atoms with Crippen molar-refractivity contribution < 1.29 is 19.1 Å². The van der Waals surface area contributed by atoms with E-state index in [1.807, 2.05) is 44.4 Å². The van der Waals surface area contributed by atoms with Crippen LogP contribution < -0.4 is 4.90 Å². The number of nitrogens with zero attached hydrogens (tertiary/aromatic N) is 3. The molecule has 6 nitrogen and oxygen atoms in total. The van der Waals surface area contributed by atoms with E-state index in [9.17, 15) is 10.1 Å². The molecule has 0 radical (unpaired) electrons. The van der Waals surface area contributed by atoms with Gasteiger partial charge in [0, 0.05) is 31.8 Å². The smallest absolute Gasteiger partial charge is 0.349 e. The van der Waals surface area contributed by atoms with Crippen molar-refractivity contribution >= 4 is 17.7 Å². The molecule has 0 unspecified atom stereocenters. The van der Waals surface area contributed by atoms with E-state index in [1.165, 1.54) is 0 Å². The van der Waals surface area contributed by atoms with Crippen LogP contribution in [0.1, 0.15) is 25.8 Å². The zero-order valence-corrected chi connectivity index (χ0v) is 16.9. The van der Waals surface area contributed by atoms with E-state index in [4.69, 9.17) is 9.84 Å². The van der Waals surface area contributed by atoms with Gasteiger partial charge in [-0.25, -0.2) is 4.79 Å². The molecule has 0 aromatic heterocycles. The summed E-state index contributed by atoms with van der Waals surface area (Å²) < 4.78 is 5.91. The first-order valence-corrected chi connectivity index (χ1v) is 9.43. The molecule has 1 rings (SSSR count). The van der Waals surface area contributed by atoms with Crippen molar-refractivity contribution in [3.8, 4) is 6.07 Å².